The maximum atomic E-state index is 3.69. The lowest BCUT2D eigenvalue weighted by atomic mass is 9.82. The van der Waals surface area contributed by atoms with Gasteiger partial charge in [-0.15, -0.1) is 0 Å². The molecule has 3 rings (SSSR count). The Morgan fingerprint density at radius 3 is 2.19 bits per heavy atom. The third-order valence-corrected chi connectivity index (χ3v) is 4.64. The summed E-state index contributed by atoms with van der Waals surface area (Å²) in [5.41, 5.74) is 4.09. The van der Waals surface area contributed by atoms with Gasteiger partial charge >= 0.3 is 0 Å². The SMILES string of the molecule is Cc1ccc(NC2CCC(Cc3ccccc3)CC2)cc1. The molecule has 110 valence electrons. The molecule has 1 saturated carbocycles. The smallest absolute Gasteiger partial charge is 0.0342 e. The van der Waals surface area contributed by atoms with Crippen LogP contribution in [-0.2, 0) is 6.42 Å². The fourth-order valence-corrected chi connectivity index (χ4v) is 3.34. The molecule has 1 heteroatoms. The quantitative estimate of drug-likeness (QED) is 0.810. The zero-order chi connectivity index (χ0) is 14.5. The van der Waals surface area contributed by atoms with Gasteiger partial charge in [0.15, 0.2) is 0 Å². The number of hydrogen-bond acceptors (Lipinski definition) is 1. The molecule has 0 saturated heterocycles. The van der Waals surface area contributed by atoms with E-state index in [0.717, 1.165) is 5.92 Å². The minimum absolute atomic E-state index is 0.653. The molecular formula is C20H25N. The molecule has 0 amide bonds. The van der Waals surface area contributed by atoms with Gasteiger partial charge in [-0.1, -0.05) is 48.0 Å². The molecule has 1 fully saturated rings. The number of anilines is 1. The van der Waals surface area contributed by atoms with E-state index in [9.17, 15) is 0 Å². The first-order valence-electron chi connectivity index (χ1n) is 8.17. The number of hydrogen-bond donors (Lipinski definition) is 1. The van der Waals surface area contributed by atoms with Gasteiger partial charge in [0.2, 0.25) is 0 Å². The Hall–Kier alpha value is -1.76. The van der Waals surface area contributed by atoms with Crippen LogP contribution >= 0.6 is 0 Å². The van der Waals surface area contributed by atoms with Crippen molar-refractivity contribution in [1.29, 1.82) is 0 Å². The van der Waals surface area contributed by atoms with Crippen LogP contribution in [0.3, 0.4) is 0 Å². The lowest BCUT2D eigenvalue weighted by Crippen LogP contribution is -2.26. The zero-order valence-corrected chi connectivity index (χ0v) is 12.9. The Bertz CT molecular complexity index is 536. The second-order valence-electron chi connectivity index (χ2n) is 6.42. The minimum Gasteiger partial charge on any atom is -0.382 e. The normalized spacial score (nSPS) is 22.0. The monoisotopic (exact) mass is 279 g/mol. The molecule has 0 unspecified atom stereocenters. The molecule has 0 heterocycles. The van der Waals surface area contributed by atoms with E-state index in [2.05, 4.69) is 66.8 Å². The largest absolute Gasteiger partial charge is 0.382 e. The highest BCUT2D eigenvalue weighted by Gasteiger charge is 2.21. The van der Waals surface area contributed by atoms with Gasteiger partial charge in [-0.3, -0.25) is 0 Å². The number of benzene rings is 2. The fourth-order valence-electron chi connectivity index (χ4n) is 3.34. The van der Waals surface area contributed by atoms with Gasteiger partial charge in [0, 0.05) is 11.7 Å². The van der Waals surface area contributed by atoms with E-state index in [-0.39, 0.29) is 0 Å². The maximum absolute atomic E-state index is 3.69. The summed E-state index contributed by atoms with van der Waals surface area (Å²) in [7, 11) is 0. The molecule has 0 aromatic heterocycles. The first kappa shape index (κ1) is 14.2. The van der Waals surface area contributed by atoms with Crippen molar-refractivity contribution in [2.24, 2.45) is 5.92 Å². The third-order valence-electron chi connectivity index (χ3n) is 4.64. The summed E-state index contributed by atoms with van der Waals surface area (Å²) < 4.78 is 0. The zero-order valence-electron chi connectivity index (χ0n) is 12.9. The topological polar surface area (TPSA) is 12.0 Å². The molecule has 0 radical (unpaired) electrons. The Labute approximate surface area is 128 Å². The number of aryl methyl sites for hydroxylation is 1. The maximum Gasteiger partial charge on any atom is 0.0342 e. The Morgan fingerprint density at radius 1 is 0.857 bits per heavy atom. The van der Waals surface area contributed by atoms with E-state index < -0.39 is 0 Å². The van der Waals surface area contributed by atoms with Crippen LogP contribution < -0.4 is 5.32 Å². The van der Waals surface area contributed by atoms with Gasteiger partial charge in [-0.05, 0) is 62.6 Å². The van der Waals surface area contributed by atoms with Crippen LogP contribution in [0.4, 0.5) is 5.69 Å². The minimum atomic E-state index is 0.653. The number of nitrogens with one attached hydrogen (secondary N) is 1. The van der Waals surface area contributed by atoms with Gasteiger partial charge in [0.25, 0.3) is 0 Å². The molecule has 1 N–H and O–H groups in total. The van der Waals surface area contributed by atoms with Crippen LogP contribution in [0.2, 0.25) is 0 Å². The van der Waals surface area contributed by atoms with Crippen LogP contribution in [0.25, 0.3) is 0 Å². The summed E-state index contributed by atoms with van der Waals surface area (Å²) in [5, 5.41) is 3.69. The third kappa shape index (κ3) is 4.10. The first-order valence-corrected chi connectivity index (χ1v) is 8.17. The van der Waals surface area contributed by atoms with Crippen molar-refractivity contribution in [2.45, 2.75) is 45.1 Å². The fraction of sp³-hybridized carbons (Fsp3) is 0.400. The summed E-state index contributed by atoms with van der Waals surface area (Å²) in [5.74, 6) is 0.864. The molecule has 1 nitrogen and oxygen atoms in total. The van der Waals surface area contributed by atoms with E-state index in [1.54, 1.807) is 0 Å². The molecule has 21 heavy (non-hydrogen) atoms. The van der Waals surface area contributed by atoms with Gasteiger partial charge in [-0.2, -0.15) is 0 Å². The van der Waals surface area contributed by atoms with Crippen LogP contribution in [0.1, 0.15) is 36.8 Å². The van der Waals surface area contributed by atoms with Gasteiger partial charge in [0.05, 0.1) is 0 Å². The summed E-state index contributed by atoms with van der Waals surface area (Å²) >= 11 is 0. The average Bonchev–Trinajstić information content (AvgIpc) is 2.53. The van der Waals surface area contributed by atoms with Crippen molar-refractivity contribution in [3.8, 4) is 0 Å². The van der Waals surface area contributed by atoms with Crippen molar-refractivity contribution in [3.63, 3.8) is 0 Å². The van der Waals surface area contributed by atoms with Crippen molar-refractivity contribution in [1.82, 2.24) is 0 Å². The van der Waals surface area contributed by atoms with Gasteiger partial charge in [0.1, 0.15) is 0 Å². The van der Waals surface area contributed by atoms with Gasteiger partial charge < -0.3 is 5.32 Å². The molecule has 1 aliphatic rings. The molecule has 0 bridgehead atoms. The van der Waals surface area contributed by atoms with Crippen LogP contribution in [0.15, 0.2) is 54.6 Å². The molecule has 0 atom stereocenters. The van der Waals surface area contributed by atoms with E-state index in [1.807, 2.05) is 0 Å². The summed E-state index contributed by atoms with van der Waals surface area (Å²) in [6.07, 6.45) is 6.53. The summed E-state index contributed by atoms with van der Waals surface area (Å²) in [6.45, 7) is 2.14. The lowest BCUT2D eigenvalue weighted by molar-refractivity contribution is 0.336. The van der Waals surface area contributed by atoms with Crippen LogP contribution in [0.5, 0.6) is 0 Å². The second kappa shape index (κ2) is 6.80. The molecular weight excluding hydrogens is 254 g/mol. The van der Waals surface area contributed by atoms with Crippen LogP contribution in [-0.4, -0.2) is 6.04 Å². The van der Waals surface area contributed by atoms with E-state index in [1.165, 1.54) is 48.9 Å². The molecule has 2 aromatic rings. The summed E-state index contributed by atoms with van der Waals surface area (Å²) in [6, 6.07) is 20.3. The highest BCUT2D eigenvalue weighted by atomic mass is 14.9. The first-order chi connectivity index (χ1) is 10.3. The Morgan fingerprint density at radius 2 is 1.52 bits per heavy atom. The van der Waals surface area contributed by atoms with Crippen molar-refractivity contribution < 1.29 is 0 Å². The predicted octanol–water partition coefficient (Wildman–Crippen LogP) is 5.21. The van der Waals surface area contributed by atoms with Gasteiger partial charge in [-0.25, -0.2) is 0 Å². The molecule has 1 aliphatic carbocycles. The summed E-state index contributed by atoms with van der Waals surface area (Å²) in [4.78, 5) is 0. The molecule has 0 spiro atoms. The highest BCUT2D eigenvalue weighted by molar-refractivity contribution is 5.45. The van der Waals surface area contributed by atoms with Crippen molar-refractivity contribution in [3.05, 3.63) is 65.7 Å². The van der Waals surface area contributed by atoms with E-state index in [4.69, 9.17) is 0 Å². The van der Waals surface area contributed by atoms with Crippen molar-refractivity contribution in [2.75, 3.05) is 5.32 Å². The predicted molar refractivity (Wildman–Crippen MR) is 90.7 cm³/mol. The second-order valence-corrected chi connectivity index (χ2v) is 6.42. The molecule has 2 aromatic carbocycles. The molecule has 0 aliphatic heterocycles. The Kier molecular flexibility index (Phi) is 4.59. The number of rotatable bonds is 4. The Balaban J connectivity index is 1.47. The van der Waals surface area contributed by atoms with Crippen molar-refractivity contribution >= 4 is 5.69 Å². The highest BCUT2D eigenvalue weighted by Crippen LogP contribution is 2.29. The standard InChI is InChI=1S/C20H25N/c1-16-7-11-19(12-8-16)21-20-13-9-18(10-14-20)15-17-5-3-2-4-6-17/h2-8,11-12,18,20-21H,9-10,13-15H2,1H3. The van der Waals surface area contributed by atoms with E-state index >= 15 is 0 Å². The van der Waals surface area contributed by atoms with Crippen LogP contribution in [0, 0.1) is 12.8 Å². The van der Waals surface area contributed by atoms with E-state index in [0.29, 0.717) is 6.04 Å². The lowest BCUT2D eigenvalue weighted by Gasteiger charge is -2.30. The average molecular weight is 279 g/mol.